The van der Waals surface area contributed by atoms with Crippen LogP contribution in [0.2, 0.25) is 0 Å². The van der Waals surface area contributed by atoms with Crippen molar-refractivity contribution in [2.45, 2.75) is 25.3 Å². The molecule has 23 heavy (non-hydrogen) atoms. The van der Waals surface area contributed by atoms with Gasteiger partial charge in [0.05, 0.1) is 0 Å². The minimum absolute atomic E-state index is 0.291. The first-order chi connectivity index (χ1) is 10.6. The van der Waals surface area contributed by atoms with E-state index < -0.39 is 15.6 Å². The molecule has 0 radical (unpaired) electrons. The van der Waals surface area contributed by atoms with Gasteiger partial charge in [-0.2, -0.15) is 21.6 Å². The van der Waals surface area contributed by atoms with Gasteiger partial charge in [-0.05, 0) is 43.0 Å². The first-order valence-corrected chi connectivity index (χ1v) is 8.20. The average Bonchev–Trinajstić information content (AvgIpc) is 2.46. The fraction of sp³-hybridized carbons (Fsp3) is 0.250. The Bertz CT molecular complexity index is 787. The van der Waals surface area contributed by atoms with Crippen molar-refractivity contribution in [2.75, 3.05) is 0 Å². The van der Waals surface area contributed by atoms with Crippen LogP contribution < -0.4 is 4.18 Å². The molecular formula is C16H15F3O3S. The third kappa shape index (κ3) is 3.85. The van der Waals surface area contributed by atoms with Crippen molar-refractivity contribution in [2.24, 2.45) is 0 Å². The van der Waals surface area contributed by atoms with Gasteiger partial charge in [0.1, 0.15) is 0 Å². The van der Waals surface area contributed by atoms with Crippen LogP contribution in [-0.2, 0) is 10.1 Å². The van der Waals surface area contributed by atoms with E-state index in [1.165, 1.54) is 12.1 Å². The maximum atomic E-state index is 12.6. The highest BCUT2D eigenvalue weighted by Gasteiger charge is 2.48. The molecule has 0 amide bonds. The third-order valence-electron chi connectivity index (χ3n) is 3.26. The van der Waals surface area contributed by atoms with Crippen LogP contribution in [0.5, 0.6) is 5.75 Å². The number of hydrogen-bond donors (Lipinski definition) is 0. The first-order valence-electron chi connectivity index (χ1n) is 6.79. The molecule has 0 aliphatic heterocycles. The summed E-state index contributed by atoms with van der Waals surface area (Å²) in [6.45, 7) is 5.36. The van der Waals surface area contributed by atoms with Gasteiger partial charge in [0.25, 0.3) is 0 Å². The van der Waals surface area contributed by atoms with E-state index in [-0.39, 0.29) is 5.75 Å². The highest BCUT2D eigenvalue weighted by molar-refractivity contribution is 7.88. The van der Waals surface area contributed by atoms with Gasteiger partial charge in [-0.3, -0.25) is 0 Å². The Hall–Kier alpha value is -2.02. The van der Waals surface area contributed by atoms with Crippen LogP contribution in [0.1, 0.15) is 30.9 Å². The largest absolute Gasteiger partial charge is 0.534 e. The molecule has 1 aliphatic carbocycles. The number of allylic oxidation sites excluding steroid dienone is 5. The zero-order valence-electron chi connectivity index (χ0n) is 12.4. The van der Waals surface area contributed by atoms with Crippen molar-refractivity contribution in [3.63, 3.8) is 0 Å². The molecule has 0 aromatic heterocycles. The highest BCUT2D eigenvalue weighted by atomic mass is 32.2. The Morgan fingerprint density at radius 2 is 1.96 bits per heavy atom. The molecule has 124 valence electrons. The predicted molar refractivity (Wildman–Crippen MR) is 83.1 cm³/mol. The van der Waals surface area contributed by atoms with Gasteiger partial charge in [0.2, 0.25) is 0 Å². The second-order valence-corrected chi connectivity index (χ2v) is 6.65. The van der Waals surface area contributed by atoms with E-state index >= 15 is 0 Å². The van der Waals surface area contributed by atoms with Gasteiger partial charge in [0, 0.05) is 5.56 Å². The SMILES string of the molecule is C=C(C)c1ccc(C2=CCCC=C2)c(OS(=O)(=O)C(F)(F)F)c1. The summed E-state index contributed by atoms with van der Waals surface area (Å²) in [5.74, 6) is -0.361. The van der Waals surface area contributed by atoms with Crippen LogP contribution in [0, 0.1) is 0 Å². The van der Waals surface area contributed by atoms with Gasteiger partial charge in [-0.15, -0.1) is 0 Å². The lowest BCUT2D eigenvalue weighted by molar-refractivity contribution is -0.0500. The number of rotatable bonds is 4. The summed E-state index contributed by atoms with van der Waals surface area (Å²) in [5.41, 5.74) is -3.49. The van der Waals surface area contributed by atoms with Crippen LogP contribution in [-0.4, -0.2) is 13.9 Å². The lowest BCUT2D eigenvalue weighted by atomic mass is 9.96. The summed E-state index contributed by atoms with van der Waals surface area (Å²) in [7, 11) is -5.74. The summed E-state index contributed by atoms with van der Waals surface area (Å²) >= 11 is 0. The second kappa shape index (κ2) is 6.23. The van der Waals surface area contributed by atoms with Gasteiger partial charge < -0.3 is 4.18 Å². The Kier molecular flexibility index (Phi) is 4.70. The van der Waals surface area contributed by atoms with Crippen molar-refractivity contribution in [3.05, 3.63) is 54.1 Å². The van der Waals surface area contributed by atoms with Gasteiger partial charge in [0.15, 0.2) is 5.75 Å². The van der Waals surface area contributed by atoms with Crippen molar-refractivity contribution in [3.8, 4) is 5.75 Å². The molecule has 0 N–H and O–H groups in total. The van der Waals surface area contributed by atoms with Crippen molar-refractivity contribution >= 4 is 21.3 Å². The topological polar surface area (TPSA) is 43.4 Å². The van der Waals surface area contributed by atoms with Crippen LogP contribution in [0.3, 0.4) is 0 Å². The molecule has 0 atom stereocenters. The molecule has 0 saturated carbocycles. The maximum absolute atomic E-state index is 12.6. The van der Waals surface area contributed by atoms with E-state index in [0.29, 0.717) is 22.3 Å². The van der Waals surface area contributed by atoms with E-state index in [2.05, 4.69) is 10.8 Å². The molecule has 2 rings (SSSR count). The highest BCUT2D eigenvalue weighted by Crippen LogP contribution is 2.35. The molecule has 1 aromatic rings. The molecule has 0 fully saturated rings. The first kappa shape index (κ1) is 17.3. The van der Waals surface area contributed by atoms with E-state index in [0.717, 1.165) is 12.8 Å². The summed E-state index contributed by atoms with van der Waals surface area (Å²) in [5, 5.41) is 0. The quantitative estimate of drug-likeness (QED) is 0.588. The maximum Gasteiger partial charge on any atom is 0.534 e. The molecule has 0 spiro atoms. The van der Waals surface area contributed by atoms with E-state index in [1.807, 2.05) is 12.2 Å². The average molecular weight is 344 g/mol. The van der Waals surface area contributed by atoms with Gasteiger partial charge in [-0.1, -0.05) is 36.4 Å². The minimum Gasteiger partial charge on any atom is -0.375 e. The Balaban J connectivity index is 2.54. The van der Waals surface area contributed by atoms with Crippen LogP contribution in [0.15, 0.2) is 43.0 Å². The monoisotopic (exact) mass is 344 g/mol. The molecule has 3 nitrogen and oxygen atoms in total. The fourth-order valence-corrected chi connectivity index (χ4v) is 2.54. The predicted octanol–water partition coefficient (Wildman–Crippen LogP) is 4.68. The summed E-state index contributed by atoms with van der Waals surface area (Å²) in [6, 6.07) is 4.45. The molecule has 0 unspecified atom stereocenters. The van der Waals surface area contributed by atoms with Crippen molar-refractivity contribution in [1.82, 2.24) is 0 Å². The molecular weight excluding hydrogens is 329 g/mol. The van der Waals surface area contributed by atoms with E-state index in [4.69, 9.17) is 0 Å². The number of hydrogen-bond acceptors (Lipinski definition) is 3. The lowest BCUT2D eigenvalue weighted by Gasteiger charge is -2.16. The standard InChI is InChI=1S/C16H15F3O3S/c1-11(2)13-8-9-14(12-6-4-3-5-7-12)15(10-13)22-23(20,21)16(17,18)19/h4,6-10H,1,3,5H2,2H3. The smallest absolute Gasteiger partial charge is 0.375 e. The third-order valence-corrected chi connectivity index (χ3v) is 4.23. The number of alkyl halides is 3. The van der Waals surface area contributed by atoms with Gasteiger partial charge in [-0.25, -0.2) is 0 Å². The fourth-order valence-electron chi connectivity index (χ4n) is 2.07. The van der Waals surface area contributed by atoms with Crippen LogP contribution >= 0.6 is 0 Å². The normalized spacial score (nSPS) is 15.2. The summed E-state index contributed by atoms with van der Waals surface area (Å²) in [4.78, 5) is 0. The number of halogens is 3. The second-order valence-electron chi connectivity index (χ2n) is 5.11. The van der Waals surface area contributed by atoms with E-state index in [1.54, 1.807) is 19.1 Å². The van der Waals surface area contributed by atoms with Crippen molar-refractivity contribution in [1.29, 1.82) is 0 Å². The summed E-state index contributed by atoms with van der Waals surface area (Å²) < 4.78 is 64.8. The molecule has 1 aliphatic rings. The van der Waals surface area contributed by atoms with Crippen LogP contribution in [0.25, 0.3) is 11.1 Å². The summed E-state index contributed by atoms with van der Waals surface area (Å²) in [6.07, 6.45) is 6.96. The Morgan fingerprint density at radius 1 is 1.26 bits per heavy atom. The minimum atomic E-state index is -5.74. The number of benzene rings is 1. The molecule has 7 heteroatoms. The van der Waals surface area contributed by atoms with Gasteiger partial charge >= 0.3 is 15.6 Å². The zero-order valence-corrected chi connectivity index (χ0v) is 13.2. The Morgan fingerprint density at radius 3 is 2.48 bits per heavy atom. The molecule has 1 aromatic carbocycles. The van der Waals surface area contributed by atoms with E-state index in [9.17, 15) is 21.6 Å². The Labute approximate surface area is 132 Å². The zero-order chi connectivity index (χ0) is 17.3. The molecule has 0 heterocycles. The molecule has 0 bridgehead atoms. The van der Waals surface area contributed by atoms with Crippen molar-refractivity contribution < 1.29 is 25.8 Å². The molecule has 0 saturated heterocycles. The lowest BCUT2D eigenvalue weighted by Crippen LogP contribution is -2.28. The van der Waals surface area contributed by atoms with Crippen LogP contribution in [0.4, 0.5) is 13.2 Å².